The highest BCUT2D eigenvalue weighted by atomic mass is 19.1. The lowest BCUT2D eigenvalue weighted by molar-refractivity contribution is -0.145. The van der Waals surface area contributed by atoms with Crippen LogP contribution in [0.3, 0.4) is 0 Å². The molecule has 0 radical (unpaired) electrons. The lowest BCUT2D eigenvalue weighted by Crippen LogP contribution is -2.49. The zero-order valence-electron chi connectivity index (χ0n) is 15.6. The summed E-state index contributed by atoms with van der Waals surface area (Å²) in [5.41, 5.74) is 1.73. The summed E-state index contributed by atoms with van der Waals surface area (Å²) in [7, 11) is 0. The molecule has 5 nitrogen and oxygen atoms in total. The Morgan fingerprint density at radius 2 is 1.89 bits per heavy atom. The maximum absolute atomic E-state index is 14.1. The van der Waals surface area contributed by atoms with Crippen LogP contribution in [0.15, 0.2) is 52.9 Å². The predicted octanol–water partition coefficient (Wildman–Crippen LogP) is 3.99. The van der Waals surface area contributed by atoms with E-state index in [9.17, 15) is 9.18 Å². The van der Waals surface area contributed by atoms with Gasteiger partial charge in [0.15, 0.2) is 5.58 Å². The topological polar surface area (TPSA) is 49.6 Å². The van der Waals surface area contributed by atoms with Crippen LogP contribution in [0.2, 0.25) is 0 Å². The number of carbonyl (C=O) groups is 1. The highest BCUT2D eigenvalue weighted by Crippen LogP contribution is 2.42. The van der Waals surface area contributed by atoms with Crippen molar-refractivity contribution in [1.82, 2.24) is 9.88 Å². The second-order valence-corrected chi connectivity index (χ2v) is 7.84. The number of oxazole rings is 1. The fourth-order valence-electron chi connectivity index (χ4n) is 4.54. The quantitative estimate of drug-likeness (QED) is 0.691. The Bertz CT molecular complexity index is 1000. The van der Waals surface area contributed by atoms with E-state index < -0.39 is 5.41 Å². The summed E-state index contributed by atoms with van der Waals surface area (Å²) in [6.07, 6.45) is 2.57. The summed E-state index contributed by atoms with van der Waals surface area (Å²) in [6, 6.07) is 15.0. The van der Waals surface area contributed by atoms with Crippen LogP contribution in [0, 0.1) is 11.2 Å². The maximum atomic E-state index is 14.1. The fourth-order valence-corrected chi connectivity index (χ4v) is 4.54. The van der Waals surface area contributed by atoms with E-state index in [1.807, 2.05) is 35.2 Å². The smallest absolute Gasteiger partial charge is 0.298 e. The van der Waals surface area contributed by atoms with Gasteiger partial charge in [0.1, 0.15) is 11.3 Å². The standard InChI is InChI=1S/C22H22FN3O2/c23-17-7-2-1-6-16(17)14-25-12-5-10-22(20(25)27)11-13-26(15-22)21-24-18-8-3-4-9-19(18)28-21/h1-4,6-9H,5,10-15H2. The number of hydrogen-bond acceptors (Lipinski definition) is 4. The van der Waals surface area contributed by atoms with Gasteiger partial charge in [-0.25, -0.2) is 4.39 Å². The number of aromatic nitrogens is 1. The lowest BCUT2D eigenvalue weighted by Gasteiger charge is -2.39. The molecule has 2 saturated heterocycles. The third-order valence-electron chi connectivity index (χ3n) is 6.05. The Kier molecular flexibility index (Phi) is 4.07. The number of carbonyl (C=O) groups excluding carboxylic acids is 1. The van der Waals surface area contributed by atoms with Crippen molar-refractivity contribution in [1.29, 1.82) is 0 Å². The molecule has 2 aliphatic heterocycles. The van der Waals surface area contributed by atoms with E-state index in [-0.39, 0.29) is 11.7 Å². The number of halogens is 1. The summed E-state index contributed by atoms with van der Waals surface area (Å²) in [4.78, 5) is 21.8. The van der Waals surface area contributed by atoms with Crippen LogP contribution in [-0.4, -0.2) is 35.4 Å². The zero-order valence-corrected chi connectivity index (χ0v) is 15.6. The number of amides is 1. The Morgan fingerprint density at radius 1 is 1.07 bits per heavy atom. The van der Waals surface area contributed by atoms with Crippen LogP contribution < -0.4 is 4.90 Å². The van der Waals surface area contributed by atoms with Crippen LogP contribution >= 0.6 is 0 Å². The van der Waals surface area contributed by atoms with Crippen molar-refractivity contribution in [2.45, 2.75) is 25.8 Å². The van der Waals surface area contributed by atoms with E-state index in [4.69, 9.17) is 4.42 Å². The number of rotatable bonds is 3. The van der Waals surface area contributed by atoms with Gasteiger partial charge >= 0.3 is 0 Å². The van der Waals surface area contributed by atoms with Gasteiger partial charge < -0.3 is 14.2 Å². The Hall–Kier alpha value is -2.89. The lowest BCUT2D eigenvalue weighted by atomic mass is 9.78. The van der Waals surface area contributed by atoms with Crippen molar-refractivity contribution in [3.8, 4) is 0 Å². The summed E-state index contributed by atoms with van der Waals surface area (Å²) in [6.45, 7) is 2.35. The molecule has 1 spiro atoms. The molecule has 6 heteroatoms. The molecule has 1 amide bonds. The van der Waals surface area contributed by atoms with Crippen molar-refractivity contribution >= 4 is 23.0 Å². The fraction of sp³-hybridized carbons (Fsp3) is 0.364. The van der Waals surface area contributed by atoms with Crippen molar-refractivity contribution in [2.75, 3.05) is 24.5 Å². The molecule has 144 valence electrons. The number of anilines is 1. The Morgan fingerprint density at radius 3 is 2.75 bits per heavy atom. The average molecular weight is 379 g/mol. The van der Waals surface area contributed by atoms with E-state index in [0.717, 1.165) is 36.9 Å². The minimum atomic E-state index is -0.426. The molecule has 5 rings (SSSR count). The van der Waals surface area contributed by atoms with Crippen LogP contribution in [0.5, 0.6) is 0 Å². The maximum Gasteiger partial charge on any atom is 0.298 e. The first kappa shape index (κ1) is 17.2. The highest BCUT2D eigenvalue weighted by molar-refractivity contribution is 5.85. The Labute approximate surface area is 162 Å². The number of para-hydroxylation sites is 2. The first-order valence-electron chi connectivity index (χ1n) is 9.78. The van der Waals surface area contributed by atoms with Gasteiger partial charge in [-0.15, -0.1) is 0 Å². The van der Waals surface area contributed by atoms with Gasteiger partial charge in [-0.05, 0) is 37.5 Å². The monoisotopic (exact) mass is 379 g/mol. The van der Waals surface area contributed by atoms with E-state index in [0.29, 0.717) is 31.2 Å². The molecule has 0 N–H and O–H groups in total. The molecule has 1 atom stereocenters. The first-order chi connectivity index (χ1) is 13.6. The van der Waals surface area contributed by atoms with Gasteiger partial charge in [-0.2, -0.15) is 4.98 Å². The number of piperidine rings is 1. The van der Waals surface area contributed by atoms with Gasteiger partial charge in [0, 0.05) is 31.7 Å². The molecule has 1 aromatic heterocycles. The average Bonchev–Trinajstić information content (AvgIpc) is 3.32. The van der Waals surface area contributed by atoms with Crippen molar-refractivity contribution in [2.24, 2.45) is 5.41 Å². The molecule has 2 aromatic carbocycles. The summed E-state index contributed by atoms with van der Waals surface area (Å²) in [5.74, 6) is -0.130. The molecule has 1 unspecified atom stereocenters. The molecular formula is C22H22FN3O2. The van der Waals surface area contributed by atoms with Crippen LogP contribution in [0.1, 0.15) is 24.8 Å². The van der Waals surface area contributed by atoms with Crippen molar-refractivity contribution in [3.63, 3.8) is 0 Å². The Balaban J connectivity index is 1.36. The summed E-state index contributed by atoms with van der Waals surface area (Å²) >= 11 is 0. The molecule has 3 aromatic rings. The van der Waals surface area contributed by atoms with E-state index in [2.05, 4.69) is 9.88 Å². The second kappa shape index (κ2) is 6.62. The van der Waals surface area contributed by atoms with Crippen LogP contribution in [-0.2, 0) is 11.3 Å². The number of likely N-dealkylation sites (tertiary alicyclic amines) is 1. The van der Waals surface area contributed by atoms with Gasteiger partial charge in [0.25, 0.3) is 6.01 Å². The molecule has 2 fully saturated rings. The minimum Gasteiger partial charge on any atom is -0.423 e. The zero-order chi connectivity index (χ0) is 19.1. The SMILES string of the molecule is O=C1N(Cc2ccccc2F)CCCC12CCN(c1nc3ccccc3o1)C2. The van der Waals surface area contributed by atoms with Crippen molar-refractivity contribution < 1.29 is 13.6 Å². The molecule has 0 saturated carbocycles. The normalized spacial score (nSPS) is 22.5. The van der Waals surface area contributed by atoms with E-state index >= 15 is 0 Å². The van der Waals surface area contributed by atoms with Gasteiger partial charge in [0.05, 0.1) is 5.41 Å². The summed E-state index contributed by atoms with van der Waals surface area (Å²) < 4.78 is 20.0. The van der Waals surface area contributed by atoms with Gasteiger partial charge in [-0.3, -0.25) is 4.79 Å². The number of hydrogen-bond donors (Lipinski definition) is 0. The number of benzene rings is 2. The molecule has 3 heterocycles. The largest absolute Gasteiger partial charge is 0.423 e. The molecular weight excluding hydrogens is 357 g/mol. The first-order valence-corrected chi connectivity index (χ1v) is 9.78. The van der Waals surface area contributed by atoms with Gasteiger partial charge in [0.2, 0.25) is 5.91 Å². The number of nitrogens with zero attached hydrogens (tertiary/aromatic N) is 3. The minimum absolute atomic E-state index is 0.126. The molecule has 0 aliphatic carbocycles. The highest BCUT2D eigenvalue weighted by Gasteiger charge is 2.49. The van der Waals surface area contributed by atoms with E-state index in [1.54, 1.807) is 12.1 Å². The van der Waals surface area contributed by atoms with Gasteiger partial charge in [-0.1, -0.05) is 30.3 Å². The second-order valence-electron chi connectivity index (χ2n) is 7.84. The van der Waals surface area contributed by atoms with Crippen molar-refractivity contribution in [3.05, 3.63) is 59.9 Å². The van der Waals surface area contributed by atoms with Crippen LogP contribution in [0.4, 0.5) is 10.4 Å². The molecule has 2 aliphatic rings. The number of fused-ring (bicyclic) bond motifs is 1. The summed E-state index contributed by atoms with van der Waals surface area (Å²) in [5, 5.41) is 0. The predicted molar refractivity (Wildman–Crippen MR) is 104 cm³/mol. The molecule has 0 bridgehead atoms. The third-order valence-corrected chi connectivity index (χ3v) is 6.05. The van der Waals surface area contributed by atoms with E-state index in [1.165, 1.54) is 6.07 Å². The third kappa shape index (κ3) is 2.84. The van der Waals surface area contributed by atoms with Crippen LogP contribution in [0.25, 0.3) is 11.1 Å². The molecule has 28 heavy (non-hydrogen) atoms.